The summed E-state index contributed by atoms with van der Waals surface area (Å²) in [5.41, 5.74) is 0.313. The average Bonchev–Trinajstić information content (AvgIpc) is 2.39. The standard InChI is InChI=1S/C17H36N2O/c1-6-9-18-12-17(8-7-10-20-14-17)13-19(5)16(4)11-15(2)3/h15-16,18H,6-14H2,1-5H3. The molecule has 1 aliphatic heterocycles. The number of hydrogen-bond donors (Lipinski definition) is 1. The Morgan fingerprint density at radius 3 is 2.60 bits per heavy atom. The average molecular weight is 284 g/mol. The normalized spacial score (nSPS) is 25.4. The van der Waals surface area contributed by atoms with Gasteiger partial charge in [0.25, 0.3) is 0 Å². The smallest absolute Gasteiger partial charge is 0.0546 e. The van der Waals surface area contributed by atoms with Crippen LogP contribution in [-0.4, -0.2) is 50.8 Å². The lowest BCUT2D eigenvalue weighted by Crippen LogP contribution is -2.50. The van der Waals surface area contributed by atoms with E-state index in [-0.39, 0.29) is 0 Å². The van der Waals surface area contributed by atoms with Crippen LogP contribution in [0, 0.1) is 11.3 Å². The van der Waals surface area contributed by atoms with E-state index in [0.29, 0.717) is 11.5 Å². The molecule has 0 spiro atoms. The lowest BCUT2D eigenvalue weighted by molar-refractivity contribution is -0.0282. The molecule has 1 rings (SSSR count). The van der Waals surface area contributed by atoms with E-state index in [2.05, 4.69) is 45.0 Å². The Hall–Kier alpha value is -0.120. The quantitative estimate of drug-likeness (QED) is 0.658. The van der Waals surface area contributed by atoms with Crippen LogP contribution >= 0.6 is 0 Å². The van der Waals surface area contributed by atoms with Crippen LogP contribution in [0.4, 0.5) is 0 Å². The fraction of sp³-hybridized carbons (Fsp3) is 1.00. The molecule has 0 aromatic rings. The highest BCUT2D eigenvalue weighted by Gasteiger charge is 2.34. The second-order valence-electron chi connectivity index (χ2n) is 7.23. The van der Waals surface area contributed by atoms with Gasteiger partial charge in [-0.2, -0.15) is 0 Å². The highest BCUT2D eigenvalue weighted by atomic mass is 16.5. The van der Waals surface area contributed by atoms with Crippen molar-refractivity contribution in [1.29, 1.82) is 0 Å². The monoisotopic (exact) mass is 284 g/mol. The summed E-state index contributed by atoms with van der Waals surface area (Å²) in [4.78, 5) is 2.54. The fourth-order valence-electron chi connectivity index (χ4n) is 3.31. The Labute approximate surface area is 126 Å². The van der Waals surface area contributed by atoms with Crippen LogP contribution in [0.3, 0.4) is 0 Å². The zero-order chi connectivity index (χ0) is 15.0. The van der Waals surface area contributed by atoms with Gasteiger partial charge in [0.2, 0.25) is 0 Å². The van der Waals surface area contributed by atoms with Crippen molar-refractivity contribution in [1.82, 2.24) is 10.2 Å². The molecule has 1 N–H and O–H groups in total. The Balaban J connectivity index is 2.54. The second kappa shape index (κ2) is 9.01. The number of rotatable bonds is 9. The Morgan fingerprint density at radius 1 is 1.30 bits per heavy atom. The van der Waals surface area contributed by atoms with Crippen LogP contribution in [0.15, 0.2) is 0 Å². The van der Waals surface area contributed by atoms with Gasteiger partial charge in [-0.25, -0.2) is 0 Å². The SMILES string of the molecule is CCCNCC1(CN(C)C(C)CC(C)C)CCCOC1. The maximum Gasteiger partial charge on any atom is 0.0546 e. The Morgan fingerprint density at radius 2 is 2.05 bits per heavy atom. The van der Waals surface area contributed by atoms with Crippen LogP contribution in [0.1, 0.15) is 53.4 Å². The van der Waals surface area contributed by atoms with Gasteiger partial charge in [-0.3, -0.25) is 0 Å². The van der Waals surface area contributed by atoms with Gasteiger partial charge in [0.05, 0.1) is 6.61 Å². The number of nitrogens with one attached hydrogen (secondary N) is 1. The zero-order valence-electron chi connectivity index (χ0n) is 14.4. The summed E-state index contributed by atoms with van der Waals surface area (Å²) in [5.74, 6) is 0.768. The van der Waals surface area contributed by atoms with Crippen LogP contribution in [0.25, 0.3) is 0 Å². The molecule has 2 unspecified atom stereocenters. The third-order valence-electron chi connectivity index (χ3n) is 4.48. The molecule has 1 fully saturated rings. The van der Waals surface area contributed by atoms with Crippen molar-refractivity contribution in [2.75, 3.05) is 39.9 Å². The van der Waals surface area contributed by atoms with Crippen molar-refractivity contribution >= 4 is 0 Å². The van der Waals surface area contributed by atoms with E-state index in [9.17, 15) is 0 Å². The van der Waals surface area contributed by atoms with Gasteiger partial charge in [0.15, 0.2) is 0 Å². The van der Waals surface area contributed by atoms with Crippen molar-refractivity contribution < 1.29 is 4.74 Å². The first kappa shape index (κ1) is 17.9. The lowest BCUT2D eigenvalue weighted by atomic mass is 9.81. The van der Waals surface area contributed by atoms with Gasteiger partial charge in [-0.1, -0.05) is 20.8 Å². The first-order valence-electron chi connectivity index (χ1n) is 8.48. The van der Waals surface area contributed by atoms with Crippen molar-refractivity contribution in [3.8, 4) is 0 Å². The van der Waals surface area contributed by atoms with E-state index >= 15 is 0 Å². The maximum absolute atomic E-state index is 5.81. The van der Waals surface area contributed by atoms with Gasteiger partial charge in [0.1, 0.15) is 0 Å². The summed E-state index contributed by atoms with van der Waals surface area (Å²) in [6, 6.07) is 0.653. The molecule has 20 heavy (non-hydrogen) atoms. The van der Waals surface area contributed by atoms with Crippen LogP contribution < -0.4 is 5.32 Å². The van der Waals surface area contributed by atoms with Gasteiger partial charge in [-0.05, 0) is 52.1 Å². The molecular weight excluding hydrogens is 248 g/mol. The minimum absolute atomic E-state index is 0.313. The molecule has 0 saturated carbocycles. The number of nitrogens with zero attached hydrogens (tertiary/aromatic N) is 1. The van der Waals surface area contributed by atoms with E-state index in [0.717, 1.165) is 38.8 Å². The molecular formula is C17H36N2O. The van der Waals surface area contributed by atoms with Gasteiger partial charge < -0.3 is 15.0 Å². The molecule has 0 aromatic carbocycles. The highest BCUT2D eigenvalue weighted by molar-refractivity contribution is 4.87. The Bertz CT molecular complexity index is 249. The van der Waals surface area contributed by atoms with Crippen LogP contribution in [-0.2, 0) is 4.74 Å². The van der Waals surface area contributed by atoms with E-state index in [1.54, 1.807) is 0 Å². The summed E-state index contributed by atoms with van der Waals surface area (Å²) < 4.78 is 5.81. The Kier molecular flexibility index (Phi) is 8.08. The first-order valence-corrected chi connectivity index (χ1v) is 8.48. The van der Waals surface area contributed by atoms with Gasteiger partial charge >= 0.3 is 0 Å². The second-order valence-corrected chi connectivity index (χ2v) is 7.23. The first-order chi connectivity index (χ1) is 9.49. The molecule has 1 heterocycles. The largest absolute Gasteiger partial charge is 0.381 e. The van der Waals surface area contributed by atoms with E-state index in [1.807, 2.05) is 0 Å². The molecule has 3 heteroatoms. The molecule has 1 saturated heterocycles. The molecule has 2 atom stereocenters. The molecule has 0 aliphatic carbocycles. The minimum Gasteiger partial charge on any atom is -0.381 e. The third-order valence-corrected chi connectivity index (χ3v) is 4.48. The van der Waals surface area contributed by atoms with Crippen LogP contribution in [0.2, 0.25) is 0 Å². The maximum atomic E-state index is 5.81. The summed E-state index contributed by atoms with van der Waals surface area (Å²) in [5, 5.41) is 3.62. The van der Waals surface area contributed by atoms with Crippen molar-refractivity contribution in [2.24, 2.45) is 11.3 Å². The van der Waals surface area contributed by atoms with E-state index in [1.165, 1.54) is 25.7 Å². The lowest BCUT2D eigenvalue weighted by Gasteiger charge is -2.42. The van der Waals surface area contributed by atoms with Gasteiger partial charge in [-0.15, -0.1) is 0 Å². The van der Waals surface area contributed by atoms with Crippen molar-refractivity contribution in [2.45, 2.75) is 59.4 Å². The predicted molar refractivity (Wildman–Crippen MR) is 87.2 cm³/mol. The third kappa shape index (κ3) is 6.11. The summed E-state index contributed by atoms with van der Waals surface area (Å²) in [6.07, 6.45) is 4.98. The number of hydrogen-bond acceptors (Lipinski definition) is 3. The van der Waals surface area contributed by atoms with E-state index < -0.39 is 0 Å². The summed E-state index contributed by atoms with van der Waals surface area (Å²) in [6.45, 7) is 14.4. The summed E-state index contributed by atoms with van der Waals surface area (Å²) in [7, 11) is 2.28. The fourth-order valence-corrected chi connectivity index (χ4v) is 3.31. The minimum atomic E-state index is 0.313. The van der Waals surface area contributed by atoms with Crippen molar-refractivity contribution in [3.63, 3.8) is 0 Å². The topological polar surface area (TPSA) is 24.5 Å². The molecule has 0 aromatic heterocycles. The van der Waals surface area contributed by atoms with Gasteiger partial charge in [0, 0.05) is 31.2 Å². The van der Waals surface area contributed by atoms with E-state index in [4.69, 9.17) is 4.74 Å². The predicted octanol–water partition coefficient (Wildman–Crippen LogP) is 3.15. The van der Waals surface area contributed by atoms with Crippen molar-refractivity contribution in [3.05, 3.63) is 0 Å². The number of ether oxygens (including phenoxy) is 1. The molecule has 0 amide bonds. The zero-order valence-corrected chi connectivity index (χ0v) is 14.4. The van der Waals surface area contributed by atoms with Crippen LogP contribution in [0.5, 0.6) is 0 Å². The molecule has 0 bridgehead atoms. The summed E-state index contributed by atoms with van der Waals surface area (Å²) >= 11 is 0. The molecule has 1 aliphatic rings. The molecule has 3 nitrogen and oxygen atoms in total. The highest BCUT2D eigenvalue weighted by Crippen LogP contribution is 2.30. The molecule has 120 valence electrons. The molecule has 0 radical (unpaired) electrons.